The molecule has 0 N–H and O–H groups in total. The number of thioether (sulfide) groups is 1. The number of nitrogens with zero attached hydrogens (tertiary/aromatic N) is 3. The van der Waals surface area contributed by atoms with Crippen molar-refractivity contribution in [2.75, 3.05) is 0 Å². The summed E-state index contributed by atoms with van der Waals surface area (Å²) in [4.78, 5) is 0. The molecule has 25 heavy (non-hydrogen) atoms. The van der Waals surface area contributed by atoms with Crippen molar-refractivity contribution in [1.29, 1.82) is 0 Å². The number of rotatable bonds is 7. The zero-order chi connectivity index (χ0) is 17.6. The SMILES string of the molecule is CCn1c(COc2ccc(C)cc2)nnc1SCc1ccc(Br)cc1. The van der Waals surface area contributed by atoms with Crippen molar-refractivity contribution in [3.8, 4) is 5.75 Å². The molecule has 0 atom stereocenters. The highest BCUT2D eigenvalue weighted by Crippen LogP contribution is 2.23. The molecule has 3 aromatic rings. The Bertz CT molecular complexity index is 749. The van der Waals surface area contributed by atoms with E-state index in [1.54, 1.807) is 11.8 Å². The number of benzene rings is 2. The maximum absolute atomic E-state index is 5.84. The van der Waals surface area contributed by atoms with Gasteiger partial charge in [-0.15, -0.1) is 10.2 Å². The predicted molar refractivity (Wildman–Crippen MR) is 105 cm³/mol. The second kappa shape index (κ2) is 8.54. The summed E-state index contributed by atoms with van der Waals surface area (Å²) in [7, 11) is 0. The highest BCUT2D eigenvalue weighted by atomic mass is 79.9. The molecule has 0 radical (unpaired) electrons. The third-order valence-corrected chi connectivity index (χ3v) is 5.35. The molecule has 130 valence electrons. The van der Waals surface area contributed by atoms with Crippen LogP contribution in [0.2, 0.25) is 0 Å². The van der Waals surface area contributed by atoms with Crippen LogP contribution in [0.1, 0.15) is 23.9 Å². The fraction of sp³-hybridized carbons (Fsp3) is 0.263. The number of aryl methyl sites for hydroxylation is 1. The monoisotopic (exact) mass is 417 g/mol. The highest BCUT2D eigenvalue weighted by Gasteiger charge is 2.12. The molecule has 1 aromatic heterocycles. The minimum absolute atomic E-state index is 0.419. The summed E-state index contributed by atoms with van der Waals surface area (Å²) in [5.41, 5.74) is 2.48. The van der Waals surface area contributed by atoms with Crippen molar-refractivity contribution in [3.63, 3.8) is 0 Å². The summed E-state index contributed by atoms with van der Waals surface area (Å²) in [5.74, 6) is 2.56. The largest absolute Gasteiger partial charge is 0.486 e. The van der Waals surface area contributed by atoms with Gasteiger partial charge >= 0.3 is 0 Å². The molecule has 2 aromatic carbocycles. The Hall–Kier alpha value is -1.79. The van der Waals surface area contributed by atoms with E-state index in [0.29, 0.717) is 6.61 Å². The normalized spacial score (nSPS) is 10.8. The third-order valence-electron chi connectivity index (χ3n) is 3.78. The van der Waals surface area contributed by atoms with Crippen molar-refractivity contribution in [3.05, 3.63) is 70.0 Å². The molecule has 1 heterocycles. The molecule has 0 saturated carbocycles. The lowest BCUT2D eigenvalue weighted by molar-refractivity contribution is 0.288. The van der Waals surface area contributed by atoms with Crippen LogP contribution in [0.4, 0.5) is 0 Å². The first-order valence-electron chi connectivity index (χ1n) is 8.14. The highest BCUT2D eigenvalue weighted by molar-refractivity contribution is 9.10. The minimum atomic E-state index is 0.419. The topological polar surface area (TPSA) is 39.9 Å². The Labute approximate surface area is 160 Å². The average Bonchev–Trinajstić information content (AvgIpc) is 3.02. The van der Waals surface area contributed by atoms with Crippen molar-refractivity contribution < 1.29 is 4.74 Å². The van der Waals surface area contributed by atoms with Crippen molar-refractivity contribution >= 4 is 27.7 Å². The standard InChI is InChI=1S/C19H20BrN3OS/c1-3-23-18(12-24-17-10-4-14(2)5-11-17)21-22-19(23)25-13-15-6-8-16(20)9-7-15/h4-11H,3,12-13H2,1-2H3. The predicted octanol–water partition coefficient (Wildman–Crippen LogP) is 5.24. The molecule has 3 rings (SSSR count). The van der Waals surface area contributed by atoms with E-state index in [9.17, 15) is 0 Å². The first-order valence-corrected chi connectivity index (χ1v) is 9.92. The molecular formula is C19H20BrN3OS. The van der Waals surface area contributed by atoms with E-state index in [-0.39, 0.29) is 0 Å². The van der Waals surface area contributed by atoms with Gasteiger partial charge in [0.15, 0.2) is 11.0 Å². The van der Waals surface area contributed by atoms with Crippen LogP contribution in [0, 0.1) is 6.92 Å². The Balaban J connectivity index is 1.63. The first kappa shape index (κ1) is 18.0. The van der Waals surface area contributed by atoms with Gasteiger partial charge in [-0.1, -0.05) is 57.5 Å². The lowest BCUT2D eigenvalue weighted by atomic mass is 10.2. The molecule has 0 aliphatic heterocycles. The van der Waals surface area contributed by atoms with Gasteiger partial charge < -0.3 is 9.30 Å². The number of hydrogen-bond acceptors (Lipinski definition) is 4. The lowest BCUT2D eigenvalue weighted by Crippen LogP contribution is -2.07. The van der Waals surface area contributed by atoms with Crippen molar-refractivity contribution in [2.45, 2.75) is 37.9 Å². The molecule has 0 saturated heterocycles. The third kappa shape index (κ3) is 4.86. The van der Waals surface area contributed by atoms with Gasteiger partial charge in [0, 0.05) is 16.8 Å². The van der Waals surface area contributed by atoms with Crippen LogP contribution >= 0.6 is 27.7 Å². The summed E-state index contributed by atoms with van der Waals surface area (Å²) in [6, 6.07) is 16.4. The fourth-order valence-electron chi connectivity index (χ4n) is 2.36. The zero-order valence-corrected chi connectivity index (χ0v) is 16.7. The van der Waals surface area contributed by atoms with Gasteiger partial charge in [-0.25, -0.2) is 0 Å². The second-order valence-electron chi connectivity index (χ2n) is 5.66. The van der Waals surface area contributed by atoms with Crippen LogP contribution in [0.25, 0.3) is 0 Å². The minimum Gasteiger partial charge on any atom is -0.486 e. The summed E-state index contributed by atoms with van der Waals surface area (Å²) < 4.78 is 9.04. The van der Waals surface area contributed by atoms with Gasteiger partial charge in [0.25, 0.3) is 0 Å². The number of halogens is 1. The maximum atomic E-state index is 5.84. The van der Waals surface area contributed by atoms with E-state index in [0.717, 1.165) is 33.5 Å². The summed E-state index contributed by atoms with van der Waals surface area (Å²) in [5, 5.41) is 9.56. The molecule has 0 spiro atoms. The molecule has 6 heteroatoms. The summed E-state index contributed by atoms with van der Waals surface area (Å²) in [6.45, 7) is 5.40. The van der Waals surface area contributed by atoms with Crippen LogP contribution in [0.5, 0.6) is 5.75 Å². The first-order chi connectivity index (χ1) is 12.2. The molecular weight excluding hydrogens is 398 g/mol. The van der Waals surface area contributed by atoms with Gasteiger partial charge in [0.05, 0.1) is 0 Å². The number of hydrogen-bond donors (Lipinski definition) is 0. The van der Waals surface area contributed by atoms with Crippen LogP contribution < -0.4 is 4.74 Å². The van der Waals surface area contributed by atoms with Gasteiger partial charge in [0.2, 0.25) is 0 Å². The molecule has 0 aliphatic carbocycles. The van der Waals surface area contributed by atoms with E-state index >= 15 is 0 Å². The smallest absolute Gasteiger partial charge is 0.191 e. The lowest BCUT2D eigenvalue weighted by Gasteiger charge is -2.09. The van der Waals surface area contributed by atoms with Gasteiger partial charge in [0.1, 0.15) is 12.4 Å². The number of ether oxygens (including phenoxy) is 1. The van der Waals surface area contributed by atoms with E-state index < -0.39 is 0 Å². The van der Waals surface area contributed by atoms with E-state index in [1.165, 1.54) is 11.1 Å². The summed E-state index contributed by atoms with van der Waals surface area (Å²) in [6.07, 6.45) is 0. The molecule has 0 fully saturated rings. The maximum Gasteiger partial charge on any atom is 0.191 e. The van der Waals surface area contributed by atoms with E-state index in [2.05, 4.69) is 68.8 Å². The second-order valence-corrected chi connectivity index (χ2v) is 7.52. The van der Waals surface area contributed by atoms with Crippen LogP contribution in [-0.4, -0.2) is 14.8 Å². The van der Waals surface area contributed by atoms with Crippen LogP contribution in [0.3, 0.4) is 0 Å². The van der Waals surface area contributed by atoms with Gasteiger partial charge in [-0.3, -0.25) is 0 Å². The Kier molecular flexibility index (Phi) is 6.15. The molecule has 0 unspecified atom stereocenters. The summed E-state index contributed by atoms with van der Waals surface area (Å²) >= 11 is 5.15. The fourth-order valence-corrected chi connectivity index (χ4v) is 3.60. The van der Waals surface area contributed by atoms with Crippen molar-refractivity contribution in [2.24, 2.45) is 0 Å². The molecule has 0 bridgehead atoms. The van der Waals surface area contributed by atoms with Crippen molar-refractivity contribution in [1.82, 2.24) is 14.8 Å². The Morgan fingerprint density at radius 1 is 1.04 bits per heavy atom. The van der Waals surface area contributed by atoms with Gasteiger partial charge in [-0.2, -0.15) is 0 Å². The Morgan fingerprint density at radius 3 is 2.44 bits per heavy atom. The molecule has 0 aliphatic rings. The quantitative estimate of drug-likeness (QED) is 0.492. The zero-order valence-electron chi connectivity index (χ0n) is 14.3. The number of aromatic nitrogens is 3. The van der Waals surface area contributed by atoms with E-state index in [4.69, 9.17) is 4.74 Å². The molecule has 0 amide bonds. The van der Waals surface area contributed by atoms with Crippen LogP contribution in [0.15, 0.2) is 58.2 Å². The Morgan fingerprint density at radius 2 is 1.76 bits per heavy atom. The average molecular weight is 418 g/mol. The van der Waals surface area contributed by atoms with E-state index in [1.807, 2.05) is 24.3 Å². The van der Waals surface area contributed by atoms with Crippen LogP contribution in [-0.2, 0) is 18.9 Å². The van der Waals surface area contributed by atoms with Gasteiger partial charge in [-0.05, 0) is 43.7 Å². The molecule has 4 nitrogen and oxygen atoms in total.